The molecule has 2 aromatic carbocycles. The first-order valence-corrected chi connectivity index (χ1v) is 14.7. The molecule has 3 atom stereocenters. The van der Waals surface area contributed by atoms with Crippen molar-refractivity contribution in [2.75, 3.05) is 13.1 Å². The molecule has 0 aliphatic carbocycles. The Bertz CT molecular complexity index is 1530. The van der Waals surface area contributed by atoms with Gasteiger partial charge < -0.3 is 30.6 Å². The van der Waals surface area contributed by atoms with E-state index in [0.29, 0.717) is 12.6 Å². The van der Waals surface area contributed by atoms with Crippen LogP contribution in [0.4, 0.5) is 4.79 Å². The molecule has 42 heavy (non-hydrogen) atoms. The van der Waals surface area contributed by atoms with Gasteiger partial charge in [-0.15, -0.1) is 0 Å². The van der Waals surface area contributed by atoms with Crippen molar-refractivity contribution in [1.82, 2.24) is 35.5 Å². The summed E-state index contributed by atoms with van der Waals surface area (Å²) in [6.07, 6.45) is 6.44. The van der Waals surface area contributed by atoms with E-state index in [1.165, 1.54) is 6.42 Å². The van der Waals surface area contributed by atoms with Crippen molar-refractivity contribution in [3.63, 3.8) is 0 Å². The molecule has 2 amide bonds. The van der Waals surface area contributed by atoms with Crippen molar-refractivity contribution < 1.29 is 14.7 Å². The van der Waals surface area contributed by atoms with Gasteiger partial charge in [0, 0.05) is 6.54 Å². The predicted molar refractivity (Wildman–Crippen MR) is 160 cm³/mol. The Hall–Kier alpha value is -4.44. The highest BCUT2D eigenvalue weighted by Gasteiger charge is 2.37. The van der Waals surface area contributed by atoms with Gasteiger partial charge in [0.15, 0.2) is 0 Å². The van der Waals surface area contributed by atoms with Crippen molar-refractivity contribution in [2.45, 2.75) is 57.7 Å². The van der Waals surface area contributed by atoms with Crippen molar-refractivity contribution in [1.29, 1.82) is 0 Å². The van der Waals surface area contributed by atoms with Gasteiger partial charge in [-0.2, -0.15) is 0 Å². The molecule has 5 N–H and O–H groups in total. The minimum absolute atomic E-state index is 0.158. The predicted octanol–water partition coefficient (Wildman–Crippen LogP) is 5.51. The number of likely N-dealkylation sites (tertiary alicyclic amines) is 1. The smallest absolute Gasteiger partial charge is 0.405 e. The molecule has 0 bridgehead atoms. The molecule has 0 spiro atoms. The number of nitrogens with one attached hydrogen (secondary N) is 4. The zero-order chi connectivity index (χ0) is 29.2. The van der Waals surface area contributed by atoms with E-state index in [4.69, 9.17) is 0 Å². The summed E-state index contributed by atoms with van der Waals surface area (Å²) in [4.78, 5) is 42.4. The van der Waals surface area contributed by atoms with Crippen LogP contribution in [-0.4, -0.2) is 61.1 Å². The van der Waals surface area contributed by atoms with E-state index in [2.05, 4.69) is 79.1 Å². The molecule has 0 saturated carbocycles. The topological polar surface area (TPSA) is 139 Å². The molecular formula is C32H37N7O3. The fourth-order valence-corrected chi connectivity index (χ4v) is 6.06. The van der Waals surface area contributed by atoms with E-state index in [1.807, 2.05) is 20.0 Å². The third-order valence-corrected chi connectivity index (χ3v) is 8.37. The van der Waals surface area contributed by atoms with Gasteiger partial charge in [-0.1, -0.05) is 62.4 Å². The molecule has 4 heterocycles. The number of H-pyrrole nitrogens is 2. The molecule has 10 nitrogen and oxygen atoms in total. The standard InChI is InChI=1S/C32H37N7O3/c1-19(2)28(38-32(41)42)31(40)39-16-4-6-27(39)30-35-18-26(37-30)23-13-9-21(10-14-23)20-7-11-22(12-8-20)25-17-34-29(36-25)24-5-3-15-33-24/h7-14,17-19,24,27-28,33,38H,3-6,15-16H2,1-2H3,(H,34,36)(H,35,37)(H,41,42)/t24?,27?,28-/m0/s1. The van der Waals surface area contributed by atoms with E-state index in [1.54, 1.807) is 11.1 Å². The fourth-order valence-electron chi connectivity index (χ4n) is 6.06. The lowest BCUT2D eigenvalue weighted by molar-refractivity contribution is -0.135. The molecule has 2 aliphatic rings. The molecule has 2 unspecified atom stereocenters. The highest BCUT2D eigenvalue weighted by molar-refractivity contribution is 5.86. The number of hydrogen-bond acceptors (Lipinski definition) is 5. The van der Waals surface area contributed by atoms with E-state index in [0.717, 1.165) is 71.1 Å². The van der Waals surface area contributed by atoms with Crippen LogP contribution in [0, 0.1) is 5.92 Å². The minimum Gasteiger partial charge on any atom is -0.465 e. The number of amides is 2. The van der Waals surface area contributed by atoms with Gasteiger partial charge in [-0.25, -0.2) is 14.8 Å². The van der Waals surface area contributed by atoms with Gasteiger partial charge in [0.1, 0.15) is 17.7 Å². The number of carbonyl (C=O) groups excluding carboxylic acids is 1. The van der Waals surface area contributed by atoms with Crippen LogP contribution >= 0.6 is 0 Å². The first-order chi connectivity index (χ1) is 20.4. The lowest BCUT2D eigenvalue weighted by Gasteiger charge is -2.29. The summed E-state index contributed by atoms with van der Waals surface area (Å²) in [5, 5.41) is 15.1. The quantitative estimate of drug-likeness (QED) is 0.190. The van der Waals surface area contributed by atoms with Crippen molar-refractivity contribution in [3.8, 4) is 33.6 Å². The Labute approximate surface area is 245 Å². The van der Waals surface area contributed by atoms with Crippen molar-refractivity contribution in [3.05, 3.63) is 72.6 Å². The Morgan fingerprint density at radius 1 is 0.857 bits per heavy atom. The maximum atomic E-state index is 13.3. The molecular weight excluding hydrogens is 530 g/mol. The molecule has 2 aromatic heterocycles. The first kappa shape index (κ1) is 27.7. The summed E-state index contributed by atoms with van der Waals surface area (Å²) in [5.74, 6) is 1.36. The van der Waals surface area contributed by atoms with Gasteiger partial charge in [-0.3, -0.25) is 4.79 Å². The number of rotatable bonds is 8. The second-order valence-corrected chi connectivity index (χ2v) is 11.5. The van der Waals surface area contributed by atoms with Crippen LogP contribution in [0.2, 0.25) is 0 Å². The zero-order valence-corrected chi connectivity index (χ0v) is 23.9. The lowest BCUT2D eigenvalue weighted by atomic mass is 10.0. The fraction of sp³-hybridized carbons (Fsp3) is 0.375. The molecule has 2 saturated heterocycles. The number of benzene rings is 2. The van der Waals surface area contributed by atoms with Gasteiger partial charge in [0.25, 0.3) is 0 Å². The Kier molecular flexibility index (Phi) is 7.80. The third-order valence-electron chi connectivity index (χ3n) is 8.37. The third kappa shape index (κ3) is 5.67. The number of carbonyl (C=O) groups is 2. The van der Waals surface area contributed by atoms with E-state index in [-0.39, 0.29) is 17.9 Å². The molecule has 0 radical (unpaired) electrons. The van der Waals surface area contributed by atoms with Gasteiger partial charge in [0.2, 0.25) is 5.91 Å². The highest BCUT2D eigenvalue weighted by atomic mass is 16.4. The van der Waals surface area contributed by atoms with Gasteiger partial charge in [0.05, 0.1) is 35.9 Å². The molecule has 2 fully saturated rings. The van der Waals surface area contributed by atoms with Crippen LogP contribution in [-0.2, 0) is 4.79 Å². The summed E-state index contributed by atoms with van der Waals surface area (Å²) in [7, 11) is 0. The number of aromatic amines is 2. The maximum absolute atomic E-state index is 13.3. The summed E-state index contributed by atoms with van der Waals surface area (Å²) in [5.41, 5.74) is 6.25. The molecule has 218 valence electrons. The Morgan fingerprint density at radius 3 is 1.98 bits per heavy atom. The van der Waals surface area contributed by atoms with Crippen molar-refractivity contribution >= 4 is 12.0 Å². The number of aromatic nitrogens is 4. The van der Waals surface area contributed by atoms with E-state index in [9.17, 15) is 14.7 Å². The number of nitrogens with zero attached hydrogens (tertiary/aromatic N) is 3. The number of imidazole rings is 2. The van der Waals surface area contributed by atoms with Crippen molar-refractivity contribution in [2.24, 2.45) is 5.92 Å². The minimum atomic E-state index is -1.19. The maximum Gasteiger partial charge on any atom is 0.405 e. The molecule has 2 aliphatic heterocycles. The van der Waals surface area contributed by atoms with E-state index < -0.39 is 12.1 Å². The SMILES string of the molecule is CC(C)[C@H](NC(=O)O)C(=O)N1CCCC1c1ncc(-c2ccc(-c3ccc(-c4cnc(C5CCCN5)[nH]4)cc3)cc2)[nH]1. The Morgan fingerprint density at radius 2 is 1.43 bits per heavy atom. The summed E-state index contributed by atoms with van der Waals surface area (Å²) in [6, 6.07) is 16.2. The zero-order valence-electron chi connectivity index (χ0n) is 23.9. The molecule has 6 rings (SSSR count). The molecule has 4 aromatic rings. The van der Waals surface area contributed by atoms with Crippen LogP contribution in [0.1, 0.15) is 63.3 Å². The summed E-state index contributed by atoms with van der Waals surface area (Å²) >= 11 is 0. The second kappa shape index (κ2) is 11.8. The average molecular weight is 568 g/mol. The summed E-state index contributed by atoms with van der Waals surface area (Å²) < 4.78 is 0. The normalized spacial score (nSPS) is 19.4. The van der Waals surface area contributed by atoms with Gasteiger partial charge in [-0.05, 0) is 60.4 Å². The van der Waals surface area contributed by atoms with Crippen LogP contribution < -0.4 is 10.6 Å². The van der Waals surface area contributed by atoms with E-state index >= 15 is 0 Å². The van der Waals surface area contributed by atoms with Crippen LogP contribution in [0.5, 0.6) is 0 Å². The van der Waals surface area contributed by atoms with Crippen LogP contribution in [0.25, 0.3) is 33.6 Å². The van der Waals surface area contributed by atoms with Crippen LogP contribution in [0.3, 0.4) is 0 Å². The number of carboxylic acid groups (broad SMARTS) is 1. The highest BCUT2D eigenvalue weighted by Crippen LogP contribution is 2.33. The van der Waals surface area contributed by atoms with Crippen LogP contribution in [0.15, 0.2) is 60.9 Å². The summed E-state index contributed by atoms with van der Waals surface area (Å²) in [6.45, 7) is 5.31. The monoisotopic (exact) mass is 567 g/mol. The number of hydrogen-bond donors (Lipinski definition) is 5. The first-order valence-electron chi connectivity index (χ1n) is 14.7. The average Bonchev–Trinajstić information content (AvgIpc) is 3.81. The second-order valence-electron chi connectivity index (χ2n) is 11.5. The Balaban J connectivity index is 1.13. The van der Waals surface area contributed by atoms with Gasteiger partial charge >= 0.3 is 6.09 Å². The molecule has 10 heteroatoms. The lowest BCUT2D eigenvalue weighted by Crippen LogP contribution is -2.50. The largest absolute Gasteiger partial charge is 0.465 e.